The summed E-state index contributed by atoms with van der Waals surface area (Å²) in [6, 6.07) is 3.53. The van der Waals surface area contributed by atoms with Crippen molar-refractivity contribution < 1.29 is 9.90 Å². The highest BCUT2D eigenvalue weighted by molar-refractivity contribution is 5.94. The average Bonchev–Trinajstić information content (AvgIpc) is 2.52. The molecule has 1 aromatic rings. The first-order valence-electron chi connectivity index (χ1n) is 7.34. The second-order valence-corrected chi connectivity index (χ2v) is 5.15. The Hall–Kier alpha value is -1.46. The molecule has 110 valence electrons. The Morgan fingerprint density at radius 1 is 1.10 bits per heavy atom. The van der Waals surface area contributed by atoms with Crippen molar-refractivity contribution in [1.29, 1.82) is 0 Å². The summed E-state index contributed by atoms with van der Waals surface area (Å²) >= 11 is 0. The number of aliphatic hydroxyl groups is 1. The minimum Gasteiger partial charge on any atom is -0.396 e. The number of carbonyl (C=O) groups excluding carboxylic acids is 1. The van der Waals surface area contributed by atoms with Gasteiger partial charge in [0.1, 0.15) is 0 Å². The number of piperazine rings is 1. The topological polar surface area (TPSA) is 56.7 Å². The first-order valence-corrected chi connectivity index (χ1v) is 7.34. The minimum atomic E-state index is 0.104. The van der Waals surface area contributed by atoms with Crippen LogP contribution in [0.2, 0.25) is 0 Å². The van der Waals surface area contributed by atoms with E-state index in [9.17, 15) is 4.79 Å². The lowest BCUT2D eigenvalue weighted by Crippen LogP contribution is -2.48. The van der Waals surface area contributed by atoms with Crippen LogP contribution in [0.1, 0.15) is 29.6 Å². The lowest BCUT2D eigenvalue weighted by molar-refractivity contribution is 0.0634. The van der Waals surface area contributed by atoms with E-state index in [-0.39, 0.29) is 12.5 Å². The predicted molar refractivity (Wildman–Crippen MR) is 77.5 cm³/mol. The number of hydrogen-bond acceptors (Lipinski definition) is 4. The highest BCUT2D eigenvalue weighted by Gasteiger charge is 2.21. The summed E-state index contributed by atoms with van der Waals surface area (Å²) in [7, 11) is 0. The van der Waals surface area contributed by atoms with E-state index >= 15 is 0 Å². The fraction of sp³-hybridized carbons (Fsp3) is 0.600. The molecule has 20 heavy (non-hydrogen) atoms. The van der Waals surface area contributed by atoms with Crippen LogP contribution in [0.15, 0.2) is 24.5 Å². The number of aromatic nitrogens is 1. The fourth-order valence-corrected chi connectivity index (χ4v) is 2.48. The molecule has 1 aliphatic rings. The van der Waals surface area contributed by atoms with Crippen molar-refractivity contribution >= 4 is 5.91 Å². The van der Waals surface area contributed by atoms with Gasteiger partial charge in [0.15, 0.2) is 0 Å². The van der Waals surface area contributed by atoms with Gasteiger partial charge in [-0.3, -0.25) is 14.7 Å². The number of pyridine rings is 1. The Balaban J connectivity index is 1.73. The second kappa shape index (κ2) is 7.97. The van der Waals surface area contributed by atoms with E-state index < -0.39 is 0 Å². The van der Waals surface area contributed by atoms with Crippen molar-refractivity contribution in [2.75, 3.05) is 39.3 Å². The normalized spacial score (nSPS) is 16.4. The smallest absolute Gasteiger partial charge is 0.254 e. The van der Waals surface area contributed by atoms with Crippen molar-refractivity contribution in [2.24, 2.45) is 0 Å². The van der Waals surface area contributed by atoms with Crippen molar-refractivity contribution in [2.45, 2.75) is 19.3 Å². The molecule has 0 radical (unpaired) electrons. The van der Waals surface area contributed by atoms with Gasteiger partial charge in [-0.2, -0.15) is 0 Å². The second-order valence-electron chi connectivity index (χ2n) is 5.15. The molecule has 0 aromatic carbocycles. The maximum absolute atomic E-state index is 12.3. The summed E-state index contributed by atoms with van der Waals surface area (Å²) in [6.07, 6.45) is 6.40. The summed E-state index contributed by atoms with van der Waals surface area (Å²) in [5.41, 5.74) is 0.719. The molecular weight excluding hydrogens is 254 g/mol. The molecule has 0 spiro atoms. The van der Waals surface area contributed by atoms with Crippen molar-refractivity contribution in [3.05, 3.63) is 30.1 Å². The first kappa shape index (κ1) is 14.9. The lowest BCUT2D eigenvalue weighted by atomic mass is 10.2. The SMILES string of the molecule is O=C(c1ccncc1)N1CCN(CCCCCO)CC1. The molecule has 2 heterocycles. The molecule has 1 fully saturated rings. The molecule has 0 atom stereocenters. The van der Waals surface area contributed by atoms with Gasteiger partial charge >= 0.3 is 0 Å². The summed E-state index contributed by atoms with van der Waals surface area (Å²) in [5, 5.41) is 8.75. The molecule has 2 rings (SSSR count). The summed E-state index contributed by atoms with van der Waals surface area (Å²) < 4.78 is 0. The number of rotatable bonds is 6. The molecule has 1 aliphatic heterocycles. The molecule has 1 aromatic heterocycles. The Kier molecular flexibility index (Phi) is 5.95. The standard InChI is InChI=1S/C15H23N3O2/c19-13-3-1-2-8-17-9-11-18(12-10-17)15(20)14-4-6-16-7-5-14/h4-7,19H,1-3,8-13H2. The minimum absolute atomic E-state index is 0.104. The van der Waals surface area contributed by atoms with Gasteiger partial charge < -0.3 is 10.0 Å². The highest BCUT2D eigenvalue weighted by Crippen LogP contribution is 2.09. The van der Waals surface area contributed by atoms with Gasteiger partial charge in [0.05, 0.1) is 0 Å². The van der Waals surface area contributed by atoms with Crippen LogP contribution < -0.4 is 0 Å². The Morgan fingerprint density at radius 2 is 1.80 bits per heavy atom. The summed E-state index contributed by atoms with van der Waals surface area (Å²) in [6.45, 7) is 4.82. The third kappa shape index (κ3) is 4.28. The van der Waals surface area contributed by atoms with Gasteiger partial charge in [-0.05, 0) is 37.9 Å². The molecule has 1 amide bonds. The van der Waals surface area contributed by atoms with E-state index in [0.29, 0.717) is 0 Å². The third-order valence-electron chi connectivity index (χ3n) is 3.72. The van der Waals surface area contributed by atoms with Crippen LogP contribution in [0.25, 0.3) is 0 Å². The lowest BCUT2D eigenvalue weighted by Gasteiger charge is -2.34. The fourth-order valence-electron chi connectivity index (χ4n) is 2.48. The monoisotopic (exact) mass is 277 g/mol. The van der Waals surface area contributed by atoms with Gasteiger partial charge in [0, 0.05) is 50.7 Å². The number of unbranched alkanes of at least 4 members (excludes halogenated alkanes) is 2. The first-order chi connectivity index (χ1) is 9.81. The van der Waals surface area contributed by atoms with Gasteiger partial charge in [-0.15, -0.1) is 0 Å². The number of amides is 1. The van der Waals surface area contributed by atoms with Crippen molar-refractivity contribution in [3.8, 4) is 0 Å². The van der Waals surface area contributed by atoms with Gasteiger partial charge in [0.2, 0.25) is 0 Å². The van der Waals surface area contributed by atoms with Crippen LogP contribution in [0.4, 0.5) is 0 Å². The molecule has 1 saturated heterocycles. The number of carbonyl (C=O) groups is 1. The molecule has 0 bridgehead atoms. The van der Waals surface area contributed by atoms with Gasteiger partial charge in [0.25, 0.3) is 5.91 Å². The predicted octanol–water partition coefficient (Wildman–Crippen LogP) is 1.00. The average molecular weight is 277 g/mol. The zero-order chi connectivity index (χ0) is 14.2. The van der Waals surface area contributed by atoms with Crippen LogP contribution >= 0.6 is 0 Å². The highest BCUT2D eigenvalue weighted by atomic mass is 16.2. The van der Waals surface area contributed by atoms with Crippen molar-refractivity contribution in [1.82, 2.24) is 14.8 Å². The van der Waals surface area contributed by atoms with E-state index in [2.05, 4.69) is 9.88 Å². The van der Waals surface area contributed by atoms with Gasteiger partial charge in [-0.1, -0.05) is 0 Å². The molecule has 5 nitrogen and oxygen atoms in total. The Morgan fingerprint density at radius 3 is 2.45 bits per heavy atom. The van der Waals surface area contributed by atoms with E-state index in [4.69, 9.17) is 5.11 Å². The Labute approximate surface area is 120 Å². The molecule has 1 N–H and O–H groups in total. The Bertz CT molecular complexity index is 403. The maximum atomic E-state index is 12.3. The largest absolute Gasteiger partial charge is 0.396 e. The van der Waals surface area contributed by atoms with Crippen LogP contribution in [-0.2, 0) is 0 Å². The number of nitrogens with zero attached hydrogens (tertiary/aromatic N) is 3. The van der Waals surface area contributed by atoms with Crippen LogP contribution in [0, 0.1) is 0 Å². The van der Waals surface area contributed by atoms with Gasteiger partial charge in [-0.25, -0.2) is 0 Å². The van der Waals surface area contributed by atoms with E-state index in [1.165, 1.54) is 0 Å². The number of hydrogen-bond donors (Lipinski definition) is 1. The molecule has 0 saturated carbocycles. The zero-order valence-electron chi connectivity index (χ0n) is 11.9. The van der Waals surface area contributed by atoms with Crippen LogP contribution in [-0.4, -0.2) is 65.1 Å². The molecular formula is C15H23N3O2. The van der Waals surface area contributed by atoms with Crippen molar-refractivity contribution in [3.63, 3.8) is 0 Å². The van der Waals surface area contributed by atoms with Crippen LogP contribution in [0.3, 0.4) is 0 Å². The number of aliphatic hydroxyl groups excluding tert-OH is 1. The third-order valence-corrected chi connectivity index (χ3v) is 3.72. The zero-order valence-corrected chi connectivity index (χ0v) is 11.9. The quantitative estimate of drug-likeness (QED) is 0.788. The van der Waals surface area contributed by atoms with E-state index in [1.54, 1.807) is 24.5 Å². The maximum Gasteiger partial charge on any atom is 0.254 e. The molecule has 0 aliphatic carbocycles. The van der Waals surface area contributed by atoms with E-state index in [1.807, 2.05) is 4.90 Å². The molecule has 5 heteroatoms. The van der Waals surface area contributed by atoms with Crippen LogP contribution in [0.5, 0.6) is 0 Å². The summed E-state index contributed by atoms with van der Waals surface area (Å²) in [5.74, 6) is 0.104. The molecule has 0 unspecified atom stereocenters. The van der Waals surface area contributed by atoms with E-state index in [0.717, 1.165) is 57.5 Å². The summed E-state index contributed by atoms with van der Waals surface area (Å²) in [4.78, 5) is 20.5.